The minimum Gasteiger partial charge on any atom is -0.489 e. The van der Waals surface area contributed by atoms with E-state index in [1.807, 2.05) is 0 Å². The molecule has 1 rings (SSSR count). The number of benzene rings is 1. The number of rotatable bonds is 7. The summed E-state index contributed by atoms with van der Waals surface area (Å²) < 4.78 is 10.1. The standard InChI is InChI=1S/C14H18Cl3N3O3/c1-18-14(19-4-3-12(21)22-2)20-5-6-23-13-10(16)7-9(15)8-11(13)17/h7-8H,3-6H2,1-2H3,(H2,18,19,20). The molecule has 2 N–H and O–H groups in total. The Morgan fingerprint density at radius 3 is 2.35 bits per heavy atom. The highest BCUT2D eigenvalue weighted by molar-refractivity contribution is 6.40. The summed E-state index contributed by atoms with van der Waals surface area (Å²) in [5.41, 5.74) is 0. The van der Waals surface area contributed by atoms with Crippen molar-refractivity contribution in [3.05, 3.63) is 27.2 Å². The summed E-state index contributed by atoms with van der Waals surface area (Å²) in [6, 6.07) is 3.12. The first kappa shape index (κ1) is 19.7. The average Bonchev–Trinajstić information content (AvgIpc) is 2.51. The minimum absolute atomic E-state index is 0.254. The monoisotopic (exact) mass is 381 g/mol. The number of hydrogen-bond donors (Lipinski definition) is 2. The molecule has 9 heteroatoms. The van der Waals surface area contributed by atoms with Gasteiger partial charge in [-0.05, 0) is 12.1 Å². The number of hydrogen-bond acceptors (Lipinski definition) is 4. The number of halogens is 3. The first-order chi connectivity index (χ1) is 11.0. The number of nitrogens with zero attached hydrogens (tertiary/aromatic N) is 1. The topological polar surface area (TPSA) is 72.0 Å². The van der Waals surface area contributed by atoms with Crippen molar-refractivity contribution >= 4 is 46.7 Å². The van der Waals surface area contributed by atoms with Crippen LogP contribution in [0.3, 0.4) is 0 Å². The Balaban J connectivity index is 2.34. The number of guanidine groups is 1. The molecule has 23 heavy (non-hydrogen) atoms. The van der Waals surface area contributed by atoms with Crippen molar-refractivity contribution in [2.45, 2.75) is 6.42 Å². The smallest absolute Gasteiger partial charge is 0.307 e. The molecule has 0 radical (unpaired) electrons. The predicted octanol–water partition coefficient (Wildman–Crippen LogP) is 2.75. The third kappa shape index (κ3) is 7.16. The predicted molar refractivity (Wildman–Crippen MR) is 93.0 cm³/mol. The van der Waals surface area contributed by atoms with E-state index in [0.717, 1.165) is 0 Å². The number of esters is 1. The van der Waals surface area contributed by atoms with E-state index >= 15 is 0 Å². The van der Waals surface area contributed by atoms with E-state index in [1.54, 1.807) is 19.2 Å². The summed E-state index contributed by atoms with van der Waals surface area (Å²) in [6.07, 6.45) is 0.254. The Bertz CT molecular complexity index is 544. The zero-order chi connectivity index (χ0) is 17.2. The van der Waals surface area contributed by atoms with Crippen molar-refractivity contribution in [2.75, 3.05) is 33.9 Å². The number of nitrogens with one attached hydrogen (secondary N) is 2. The molecule has 1 aromatic rings. The largest absolute Gasteiger partial charge is 0.489 e. The fourth-order valence-corrected chi connectivity index (χ4v) is 2.52. The summed E-state index contributed by atoms with van der Waals surface area (Å²) in [7, 11) is 2.97. The van der Waals surface area contributed by atoms with Gasteiger partial charge >= 0.3 is 5.97 Å². The van der Waals surface area contributed by atoms with Crippen molar-refractivity contribution in [3.8, 4) is 5.75 Å². The van der Waals surface area contributed by atoms with Crippen LogP contribution in [-0.4, -0.2) is 45.8 Å². The fraction of sp³-hybridized carbons (Fsp3) is 0.429. The lowest BCUT2D eigenvalue weighted by Gasteiger charge is -2.13. The van der Waals surface area contributed by atoms with Gasteiger partial charge in [-0.2, -0.15) is 0 Å². The molecule has 6 nitrogen and oxygen atoms in total. The van der Waals surface area contributed by atoms with E-state index in [2.05, 4.69) is 20.4 Å². The lowest BCUT2D eigenvalue weighted by Crippen LogP contribution is -2.40. The summed E-state index contributed by atoms with van der Waals surface area (Å²) in [6.45, 7) is 1.20. The van der Waals surface area contributed by atoms with Crippen molar-refractivity contribution in [1.29, 1.82) is 0 Å². The van der Waals surface area contributed by atoms with Crippen LogP contribution in [-0.2, 0) is 9.53 Å². The van der Waals surface area contributed by atoms with Crippen molar-refractivity contribution in [2.24, 2.45) is 4.99 Å². The van der Waals surface area contributed by atoms with Gasteiger partial charge in [0.15, 0.2) is 11.7 Å². The molecule has 0 aliphatic rings. The summed E-state index contributed by atoms with van der Waals surface area (Å²) >= 11 is 17.9. The second-order valence-electron chi connectivity index (χ2n) is 4.30. The lowest BCUT2D eigenvalue weighted by atomic mass is 10.3. The van der Waals surface area contributed by atoms with E-state index in [4.69, 9.17) is 39.5 Å². The van der Waals surface area contributed by atoms with Crippen LogP contribution in [0.4, 0.5) is 0 Å². The molecule has 0 amide bonds. The van der Waals surface area contributed by atoms with E-state index in [0.29, 0.717) is 46.5 Å². The van der Waals surface area contributed by atoms with Crippen LogP contribution in [0.1, 0.15) is 6.42 Å². The molecule has 0 bridgehead atoms. The zero-order valence-electron chi connectivity index (χ0n) is 12.8. The van der Waals surface area contributed by atoms with Gasteiger partial charge in [-0.15, -0.1) is 0 Å². The Kier molecular flexibility index (Phi) is 8.91. The van der Waals surface area contributed by atoms with Gasteiger partial charge in [0.2, 0.25) is 0 Å². The summed E-state index contributed by atoms with van der Waals surface area (Å²) in [5.74, 6) is 0.641. The molecular formula is C14H18Cl3N3O3. The second kappa shape index (κ2) is 10.4. The van der Waals surface area contributed by atoms with Gasteiger partial charge in [0, 0.05) is 18.6 Å². The van der Waals surface area contributed by atoms with Crippen LogP contribution in [0.2, 0.25) is 15.1 Å². The molecule has 0 atom stereocenters. The van der Waals surface area contributed by atoms with E-state index in [-0.39, 0.29) is 12.4 Å². The van der Waals surface area contributed by atoms with Crippen LogP contribution >= 0.6 is 34.8 Å². The molecule has 0 saturated heterocycles. The highest BCUT2D eigenvalue weighted by atomic mass is 35.5. The van der Waals surface area contributed by atoms with Gasteiger partial charge in [0.05, 0.1) is 30.1 Å². The van der Waals surface area contributed by atoms with Gasteiger partial charge in [0.1, 0.15) is 6.61 Å². The lowest BCUT2D eigenvalue weighted by molar-refractivity contribution is -0.140. The van der Waals surface area contributed by atoms with Gasteiger partial charge in [0.25, 0.3) is 0 Å². The van der Waals surface area contributed by atoms with Gasteiger partial charge in [-0.3, -0.25) is 9.79 Å². The first-order valence-electron chi connectivity index (χ1n) is 6.76. The maximum atomic E-state index is 11.0. The van der Waals surface area contributed by atoms with Gasteiger partial charge in [-0.1, -0.05) is 34.8 Å². The number of carbonyl (C=O) groups is 1. The van der Waals surface area contributed by atoms with Gasteiger partial charge < -0.3 is 20.1 Å². The molecule has 0 aliphatic heterocycles. The average molecular weight is 383 g/mol. The maximum Gasteiger partial charge on any atom is 0.307 e. The van der Waals surface area contributed by atoms with Crippen LogP contribution < -0.4 is 15.4 Å². The molecule has 0 aromatic heterocycles. The van der Waals surface area contributed by atoms with E-state index < -0.39 is 0 Å². The van der Waals surface area contributed by atoms with Crippen molar-refractivity contribution in [1.82, 2.24) is 10.6 Å². The zero-order valence-corrected chi connectivity index (χ0v) is 15.1. The molecule has 0 heterocycles. The quantitative estimate of drug-likeness (QED) is 0.328. The number of ether oxygens (including phenoxy) is 2. The Morgan fingerprint density at radius 1 is 1.17 bits per heavy atom. The number of aliphatic imine (C=N–C) groups is 1. The molecular weight excluding hydrogens is 365 g/mol. The fourth-order valence-electron chi connectivity index (χ4n) is 1.60. The maximum absolute atomic E-state index is 11.0. The van der Waals surface area contributed by atoms with Crippen LogP contribution in [0, 0.1) is 0 Å². The van der Waals surface area contributed by atoms with Gasteiger partial charge in [-0.25, -0.2) is 0 Å². The molecule has 128 valence electrons. The minimum atomic E-state index is -0.289. The number of carbonyl (C=O) groups excluding carboxylic acids is 1. The first-order valence-corrected chi connectivity index (χ1v) is 7.90. The van der Waals surface area contributed by atoms with Crippen molar-refractivity contribution < 1.29 is 14.3 Å². The van der Waals surface area contributed by atoms with Crippen molar-refractivity contribution in [3.63, 3.8) is 0 Å². The second-order valence-corrected chi connectivity index (χ2v) is 5.55. The van der Waals surface area contributed by atoms with E-state index in [9.17, 15) is 4.79 Å². The molecule has 1 aromatic carbocycles. The Morgan fingerprint density at radius 2 is 1.78 bits per heavy atom. The normalized spacial score (nSPS) is 11.1. The van der Waals surface area contributed by atoms with Crippen LogP contribution in [0.15, 0.2) is 17.1 Å². The molecule has 0 saturated carbocycles. The summed E-state index contributed by atoms with van der Waals surface area (Å²) in [4.78, 5) is 15.0. The highest BCUT2D eigenvalue weighted by Crippen LogP contribution is 2.35. The molecule has 0 unspecified atom stereocenters. The number of methoxy groups -OCH3 is 1. The third-order valence-corrected chi connectivity index (χ3v) is 3.46. The SMILES string of the molecule is CN=C(NCCOc1c(Cl)cc(Cl)cc1Cl)NCCC(=O)OC. The van der Waals surface area contributed by atoms with E-state index in [1.165, 1.54) is 7.11 Å². The third-order valence-electron chi connectivity index (χ3n) is 2.68. The molecule has 0 spiro atoms. The Hall–Kier alpha value is -1.37. The molecule has 0 fully saturated rings. The summed E-state index contributed by atoms with van der Waals surface area (Å²) in [5, 5.41) is 7.15. The molecule has 0 aliphatic carbocycles. The Labute approximate surface area is 150 Å². The van der Waals surface area contributed by atoms with Crippen LogP contribution in [0.25, 0.3) is 0 Å². The highest BCUT2D eigenvalue weighted by Gasteiger charge is 2.09. The van der Waals surface area contributed by atoms with Crippen LogP contribution in [0.5, 0.6) is 5.75 Å².